The Balaban J connectivity index is 3.82. The summed E-state index contributed by atoms with van der Waals surface area (Å²) in [5, 5.41) is 11.3. The molecule has 4 heteroatoms. The van der Waals surface area contributed by atoms with Crippen molar-refractivity contribution in [1.29, 1.82) is 5.26 Å². The summed E-state index contributed by atoms with van der Waals surface area (Å²) in [4.78, 5) is 13.1. The third-order valence-corrected chi connectivity index (χ3v) is 2.00. The molecular formula is C10H19N3O. The van der Waals surface area contributed by atoms with E-state index in [-0.39, 0.29) is 5.91 Å². The van der Waals surface area contributed by atoms with E-state index in [1.807, 2.05) is 25.7 Å². The molecule has 0 aromatic heterocycles. The number of hydrogen-bond donors (Lipinski definition) is 1. The van der Waals surface area contributed by atoms with Crippen LogP contribution in [0.2, 0.25) is 0 Å². The Labute approximate surface area is 85.9 Å². The highest BCUT2D eigenvalue weighted by atomic mass is 16.1. The van der Waals surface area contributed by atoms with Crippen molar-refractivity contribution in [1.82, 2.24) is 10.2 Å². The first-order valence-corrected chi connectivity index (χ1v) is 4.99. The number of amides is 1. The zero-order valence-electron chi connectivity index (χ0n) is 9.21. The molecule has 0 unspecified atom stereocenters. The van der Waals surface area contributed by atoms with Gasteiger partial charge < -0.3 is 5.32 Å². The van der Waals surface area contributed by atoms with Crippen molar-refractivity contribution in [3.63, 3.8) is 0 Å². The van der Waals surface area contributed by atoms with Gasteiger partial charge >= 0.3 is 0 Å². The minimum absolute atomic E-state index is 0.0519. The maximum atomic E-state index is 11.2. The van der Waals surface area contributed by atoms with E-state index in [0.29, 0.717) is 32.1 Å². The Hall–Kier alpha value is -1.08. The van der Waals surface area contributed by atoms with Crippen molar-refractivity contribution >= 4 is 5.91 Å². The van der Waals surface area contributed by atoms with Crippen molar-refractivity contribution < 1.29 is 4.79 Å². The number of carbonyl (C=O) groups excluding carboxylic acids is 1. The first kappa shape index (κ1) is 12.9. The van der Waals surface area contributed by atoms with Gasteiger partial charge in [0.25, 0.3) is 0 Å². The van der Waals surface area contributed by atoms with Gasteiger partial charge in [0.15, 0.2) is 0 Å². The average Bonchev–Trinajstić information content (AvgIpc) is 2.12. The Kier molecular flexibility index (Phi) is 6.77. The molecule has 0 heterocycles. The van der Waals surface area contributed by atoms with Gasteiger partial charge in [-0.15, -0.1) is 0 Å². The maximum absolute atomic E-state index is 11.2. The maximum Gasteiger partial charge on any atom is 0.221 e. The first-order valence-electron chi connectivity index (χ1n) is 4.99. The molecule has 0 fully saturated rings. The summed E-state index contributed by atoms with van der Waals surface area (Å²) in [6, 6.07) is 2.41. The van der Waals surface area contributed by atoms with Gasteiger partial charge in [0.2, 0.25) is 5.91 Å². The van der Waals surface area contributed by atoms with Crippen LogP contribution in [0.3, 0.4) is 0 Å². The summed E-state index contributed by atoms with van der Waals surface area (Å²) < 4.78 is 0. The Morgan fingerprint density at radius 2 is 2.21 bits per heavy atom. The molecule has 0 saturated carbocycles. The summed E-state index contributed by atoms with van der Waals surface area (Å²) in [7, 11) is 0. The molecule has 0 aromatic carbocycles. The molecule has 0 aliphatic heterocycles. The lowest BCUT2D eigenvalue weighted by molar-refractivity contribution is -0.121. The zero-order valence-corrected chi connectivity index (χ0v) is 9.21. The zero-order chi connectivity index (χ0) is 11.0. The molecule has 0 aromatic rings. The van der Waals surface area contributed by atoms with Gasteiger partial charge in [0.1, 0.15) is 0 Å². The molecule has 1 N–H and O–H groups in total. The molecule has 4 nitrogen and oxygen atoms in total. The van der Waals surface area contributed by atoms with Gasteiger partial charge in [0.05, 0.1) is 12.6 Å². The largest absolute Gasteiger partial charge is 0.356 e. The van der Waals surface area contributed by atoms with Crippen LogP contribution in [0.5, 0.6) is 0 Å². The molecule has 14 heavy (non-hydrogen) atoms. The molecule has 0 radical (unpaired) electrons. The van der Waals surface area contributed by atoms with E-state index in [1.54, 1.807) is 0 Å². The number of nitrogens with zero attached hydrogens (tertiary/aromatic N) is 2. The number of rotatable bonds is 6. The van der Waals surface area contributed by atoms with E-state index in [2.05, 4.69) is 11.4 Å². The van der Waals surface area contributed by atoms with Crippen LogP contribution in [0.4, 0.5) is 0 Å². The number of nitrogens with one attached hydrogen (secondary N) is 1. The Morgan fingerprint density at radius 3 is 2.64 bits per heavy atom. The third-order valence-electron chi connectivity index (χ3n) is 2.00. The highest BCUT2D eigenvalue weighted by molar-refractivity contribution is 5.75. The summed E-state index contributed by atoms with van der Waals surface area (Å²) >= 11 is 0. The van der Waals surface area contributed by atoms with Crippen LogP contribution >= 0.6 is 0 Å². The predicted molar refractivity (Wildman–Crippen MR) is 55.6 cm³/mol. The molecule has 0 spiro atoms. The number of carbonyl (C=O) groups is 1. The van der Waals surface area contributed by atoms with Gasteiger partial charge in [-0.1, -0.05) is 0 Å². The number of nitriles is 1. The molecule has 0 aliphatic carbocycles. The van der Waals surface area contributed by atoms with Crippen molar-refractivity contribution in [3.05, 3.63) is 0 Å². The van der Waals surface area contributed by atoms with E-state index in [1.165, 1.54) is 0 Å². The molecular weight excluding hydrogens is 178 g/mol. The molecule has 80 valence electrons. The summed E-state index contributed by atoms with van der Waals surface area (Å²) in [5.74, 6) is 0.0519. The second kappa shape index (κ2) is 7.34. The lowest BCUT2D eigenvalue weighted by Crippen LogP contribution is -2.35. The fourth-order valence-corrected chi connectivity index (χ4v) is 1.14. The van der Waals surface area contributed by atoms with Gasteiger partial charge in [-0.05, 0) is 20.8 Å². The first-order chi connectivity index (χ1) is 6.61. The van der Waals surface area contributed by atoms with E-state index in [4.69, 9.17) is 5.26 Å². The van der Waals surface area contributed by atoms with Crippen molar-refractivity contribution in [2.24, 2.45) is 0 Å². The van der Waals surface area contributed by atoms with Crippen molar-refractivity contribution in [2.75, 3.05) is 19.6 Å². The normalized spacial score (nSPS) is 10.3. The second-order valence-corrected chi connectivity index (χ2v) is 3.43. The van der Waals surface area contributed by atoms with Crippen LogP contribution in [0.1, 0.15) is 27.2 Å². The smallest absolute Gasteiger partial charge is 0.221 e. The van der Waals surface area contributed by atoms with Crippen LogP contribution < -0.4 is 5.32 Å². The minimum atomic E-state index is 0.0519. The van der Waals surface area contributed by atoms with Crippen molar-refractivity contribution in [3.8, 4) is 6.07 Å². The predicted octanol–water partition coefficient (Wildman–Crippen LogP) is 0.747. The fourth-order valence-electron chi connectivity index (χ4n) is 1.14. The van der Waals surface area contributed by atoms with Crippen LogP contribution in [-0.4, -0.2) is 36.5 Å². The van der Waals surface area contributed by atoms with Gasteiger partial charge in [-0.25, -0.2) is 0 Å². The number of hydrogen-bond acceptors (Lipinski definition) is 3. The van der Waals surface area contributed by atoms with E-state index in [0.717, 1.165) is 0 Å². The standard InChI is InChI=1S/C10H19N3O/c1-4-12-10(14)5-7-13(8-6-11)9(2)3/h9H,4-5,7-8H2,1-3H3,(H,12,14). The minimum Gasteiger partial charge on any atom is -0.356 e. The average molecular weight is 197 g/mol. The molecule has 0 bridgehead atoms. The highest BCUT2D eigenvalue weighted by Crippen LogP contribution is 1.98. The summed E-state index contributed by atoms with van der Waals surface area (Å²) in [6.07, 6.45) is 0.466. The SMILES string of the molecule is CCNC(=O)CCN(CC#N)C(C)C. The van der Waals surface area contributed by atoms with E-state index < -0.39 is 0 Å². The lowest BCUT2D eigenvalue weighted by atomic mass is 10.3. The van der Waals surface area contributed by atoms with Crippen LogP contribution in [0.25, 0.3) is 0 Å². The molecule has 0 saturated heterocycles. The molecule has 1 amide bonds. The van der Waals surface area contributed by atoms with E-state index in [9.17, 15) is 4.79 Å². The van der Waals surface area contributed by atoms with E-state index >= 15 is 0 Å². The highest BCUT2D eigenvalue weighted by Gasteiger charge is 2.10. The molecule has 0 rings (SSSR count). The van der Waals surface area contributed by atoms with Crippen LogP contribution in [0.15, 0.2) is 0 Å². The van der Waals surface area contributed by atoms with Crippen molar-refractivity contribution in [2.45, 2.75) is 33.2 Å². The summed E-state index contributed by atoms with van der Waals surface area (Å²) in [6.45, 7) is 7.64. The second-order valence-electron chi connectivity index (χ2n) is 3.43. The van der Waals surface area contributed by atoms with Crippen LogP contribution in [-0.2, 0) is 4.79 Å². The van der Waals surface area contributed by atoms with Gasteiger partial charge in [-0.3, -0.25) is 9.69 Å². The lowest BCUT2D eigenvalue weighted by Gasteiger charge is -2.22. The topological polar surface area (TPSA) is 56.1 Å². The van der Waals surface area contributed by atoms with Gasteiger partial charge in [-0.2, -0.15) is 5.26 Å². The molecule has 0 aliphatic rings. The van der Waals surface area contributed by atoms with Crippen LogP contribution in [0, 0.1) is 11.3 Å². The van der Waals surface area contributed by atoms with Gasteiger partial charge in [0, 0.05) is 25.6 Å². The fraction of sp³-hybridized carbons (Fsp3) is 0.800. The Morgan fingerprint density at radius 1 is 1.57 bits per heavy atom. The third kappa shape index (κ3) is 5.55. The Bertz CT molecular complexity index is 208. The monoisotopic (exact) mass is 197 g/mol. The quantitative estimate of drug-likeness (QED) is 0.639. The molecule has 0 atom stereocenters. The summed E-state index contributed by atoms with van der Waals surface area (Å²) in [5.41, 5.74) is 0.